The summed E-state index contributed by atoms with van der Waals surface area (Å²) in [5, 5.41) is 6.08. The van der Waals surface area contributed by atoms with Crippen molar-refractivity contribution in [3.8, 4) is 0 Å². The summed E-state index contributed by atoms with van der Waals surface area (Å²) in [6.07, 6.45) is 8.09. The maximum atomic E-state index is 5.39. The lowest BCUT2D eigenvalue weighted by Gasteiger charge is -2.12. The van der Waals surface area contributed by atoms with Crippen LogP contribution in [0.15, 0.2) is 12.2 Å². The first-order chi connectivity index (χ1) is 3.93. The average Bonchev–Trinajstić information content (AvgIpc) is 1.90. The fourth-order valence-electron chi connectivity index (χ4n) is 0.889. The van der Waals surface area contributed by atoms with Crippen LogP contribution in [-0.2, 0) is 0 Å². The molecule has 0 amide bonds. The molecule has 1 rings (SSSR count). The fraction of sp³-hybridized carbons (Fsp3) is 0.667. The van der Waals surface area contributed by atoms with Crippen molar-refractivity contribution in [1.82, 2.24) is 0 Å². The summed E-state index contributed by atoms with van der Waals surface area (Å²) < 4.78 is 0. The van der Waals surface area contributed by atoms with E-state index in [0.717, 1.165) is 0 Å². The Kier molecular flexibility index (Phi) is 2.43. The zero-order valence-corrected chi connectivity index (χ0v) is 5.66. The molecule has 46 valence electrons. The summed E-state index contributed by atoms with van der Waals surface area (Å²) in [5.41, 5.74) is 0. The van der Waals surface area contributed by atoms with Gasteiger partial charge in [0.05, 0.1) is 0 Å². The molecule has 1 nitrogen and oxygen atoms in total. The van der Waals surface area contributed by atoms with Crippen LogP contribution in [0.4, 0.5) is 0 Å². The van der Waals surface area contributed by atoms with Gasteiger partial charge in [0.15, 0.2) is 0 Å². The quantitative estimate of drug-likeness (QED) is 0.431. The van der Waals surface area contributed by atoms with E-state index in [1.165, 1.54) is 31.2 Å². The highest BCUT2D eigenvalue weighted by Gasteiger charge is 2.06. The highest BCUT2D eigenvalue weighted by molar-refractivity contribution is 7.97. The predicted molar refractivity (Wildman–Crippen MR) is 38.6 cm³/mol. The number of nitrogens with two attached hydrogens (primary N) is 1. The third kappa shape index (κ3) is 1.53. The second-order valence-corrected chi connectivity index (χ2v) is 2.98. The van der Waals surface area contributed by atoms with E-state index in [1.807, 2.05) is 0 Å². The van der Waals surface area contributed by atoms with Gasteiger partial charge in [-0.25, -0.2) is 0 Å². The smallest absolute Gasteiger partial charge is 0.0228 e. The van der Waals surface area contributed by atoms with Crippen molar-refractivity contribution in [2.45, 2.75) is 24.5 Å². The summed E-state index contributed by atoms with van der Waals surface area (Å²) in [6.45, 7) is 0. The first kappa shape index (κ1) is 6.17. The Morgan fingerprint density at radius 1 is 1.50 bits per heavy atom. The maximum Gasteiger partial charge on any atom is 0.0228 e. The number of rotatable bonds is 1. The van der Waals surface area contributed by atoms with E-state index < -0.39 is 0 Å². The SMILES string of the molecule is NSC1CC=CCC1. The topological polar surface area (TPSA) is 26.0 Å². The van der Waals surface area contributed by atoms with Gasteiger partial charge in [0.2, 0.25) is 0 Å². The van der Waals surface area contributed by atoms with E-state index in [4.69, 9.17) is 5.14 Å². The molecule has 1 aliphatic carbocycles. The first-order valence-corrected chi connectivity index (χ1v) is 3.88. The lowest BCUT2D eigenvalue weighted by Crippen LogP contribution is -2.06. The Morgan fingerprint density at radius 3 is 2.75 bits per heavy atom. The van der Waals surface area contributed by atoms with Crippen molar-refractivity contribution in [2.24, 2.45) is 5.14 Å². The van der Waals surface area contributed by atoms with Gasteiger partial charge >= 0.3 is 0 Å². The zero-order valence-electron chi connectivity index (χ0n) is 4.84. The van der Waals surface area contributed by atoms with Crippen LogP contribution in [0, 0.1) is 0 Å². The molecule has 0 saturated carbocycles. The highest BCUT2D eigenvalue weighted by Crippen LogP contribution is 2.19. The third-order valence-electron chi connectivity index (χ3n) is 1.41. The van der Waals surface area contributed by atoms with E-state index in [2.05, 4.69) is 12.2 Å². The molecule has 1 unspecified atom stereocenters. The Morgan fingerprint density at radius 2 is 2.38 bits per heavy atom. The zero-order chi connectivity index (χ0) is 5.82. The van der Waals surface area contributed by atoms with Gasteiger partial charge in [-0.15, -0.1) is 0 Å². The Hall–Kier alpha value is 0.0500. The van der Waals surface area contributed by atoms with Crippen LogP contribution < -0.4 is 5.14 Å². The van der Waals surface area contributed by atoms with Crippen molar-refractivity contribution in [3.63, 3.8) is 0 Å². The molecule has 8 heavy (non-hydrogen) atoms. The largest absolute Gasteiger partial charge is 0.278 e. The third-order valence-corrected chi connectivity index (χ3v) is 2.23. The van der Waals surface area contributed by atoms with Gasteiger partial charge in [-0.3, -0.25) is 5.14 Å². The molecule has 0 fully saturated rings. The highest BCUT2D eigenvalue weighted by atomic mass is 32.2. The minimum atomic E-state index is 0.694. The van der Waals surface area contributed by atoms with Crippen LogP contribution in [0.25, 0.3) is 0 Å². The van der Waals surface area contributed by atoms with Gasteiger partial charge in [-0.2, -0.15) is 0 Å². The average molecular weight is 129 g/mol. The monoisotopic (exact) mass is 129 g/mol. The molecule has 0 aliphatic heterocycles. The van der Waals surface area contributed by atoms with Crippen LogP contribution >= 0.6 is 11.9 Å². The van der Waals surface area contributed by atoms with Gasteiger partial charge in [0.1, 0.15) is 0 Å². The second kappa shape index (κ2) is 3.15. The second-order valence-electron chi connectivity index (χ2n) is 2.04. The molecular formula is C6H11NS. The summed E-state index contributed by atoms with van der Waals surface area (Å²) in [5.74, 6) is 0. The predicted octanol–water partition coefficient (Wildman–Crippen LogP) is 1.70. The summed E-state index contributed by atoms with van der Waals surface area (Å²) in [4.78, 5) is 0. The Bertz CT molecular complexity index is 90.5. The van der Waals surface area contributed by atoms with Gasteiger partial charge < -0.3 is 0 Å². The van der Waals surface area contributed by atoms with Crippen molar-refractivity contribution < 1.29 is 0 Å². The summed E-state index contributed by atoms with van der Waals surface area (Å²) >= 11 is 1.49. The van der Waals surface area contributed by atoms with Crippen LogP contribution in [0.1, 0.15) is 19.3 Å². The molecule has 0 heterocycles. The van der Waals surface area contributed by atoms with Gasteiger partial charge in [0, 0.05) is 5.25 Å². The number of allylic oxidation sites excluding steroid dienone is 2. The van der Waals surface area contributed by atoms with Gasteiger partial charge in [-0.05, 0) is 19.3 Å². The Labute approximate surface area is 54.5 Å². The van der Waals surface area contributed by atoms with E-state index in [1.54, 1.807) is 0 Å². The molecule has 1 aliphatic rings. The van der Waals surface area contributed by atoms with Gasteiger partial charge in [0.25, 0.3) is 0 Å². The van der Waals surface area contributed by atoms with Crippen LogP contribution in [0.5, 0.6) is 0 Å². The van der Waals surface area contributed by atoms with Crippen molar-refractivity contribution in [3.05, 3.63) is 12.2 Å². The molecule has 2 N–H and O–H groups in total. The lowest BCUT2D eigenvalue weighted by atomic mass is 10.1. The molecule has 0 aromatic rings. The molecule has 0 aromatic carbocycles. The minimum Gasteiger partial charge on any atom is -0.278 e. The fourth-order valence-corrected chi connectivity index (χ4v) is 1.38. The maximum absolute atomic E-state index is 5.39. The van der Waals surface area contributed by atoms with Crippen LogP contribution in [-0.4, -0.2) is 5.25 Å². The van der Waals surface area contributed by atoms with Crippen molar-refractivity contribution in [2.75, 3.05) is 0 Å². The molecular weight excluding hydrogens is 118 g/mol. The standard InChI is InChI=1S/C6H11NS/c7-8-6-4-2-1-3-5-6/h1-2,6H,3-5,7H2. The summed E-state index contributed by atoms with van der Waals surface area (Å²) in [7, 11) is 0. The molecule has 0 spiro atoms. The van der Waals surface area contributed by atoms with Crippen molar-refractivity contribution >= 4 is 11.9 Å². The number of hydrogen-bond donors (Lipinski definition) is 1. The molecule has 0 bridgehead atoms. The van der Waals surface area contributed by atoms with Crippen molar-refractivity contribution in [1.29, 1.82) is 0 Å². The molecule has 2 heteroatoms. The molecule has 0 saturated heterocycles. The van der Waals surface area contributed by atoms with E-state index >= 15 is 0 Å². The van der Waals surface area contributed by atoms with Gasteiger partial charge in [-0.1, -0.05) is 24.1 Å². The van der Waals surface area contributed by atoms with Crippen LogP contribution in [0.2, 0.25) is 0 Å². The van der Waals surface area contributed by atoms with E-state index in [9.17, 15) is 0 Å². The van der Waals surface area contributed by atoms with E-state index in [0.29, 0.717) is 5.25 Å². The molecule has 1 atom stereocenters. The Balaban J connectivity index is 2.27. The van der Waals surface area contributed by atoms with E-state index in [-0.39, 0.29) is 0 Å². The lowest BCUT2D eigenvalue weighted by molar-refractivity contribution is 0.749. The molecule has 0 radical (unpaired) electrons. The van der Waals surface area contributed by atoms with Crippen LogP contribution in [0.3, 0.4) is 0 Å². The normalized spacial score (nSPS) is 28.4. The minimum absolute atomic E-state index is 0.694. The molecule has 0 aromatic heterocycles. The summed E-state index contributed by atoms with van der Waals surface area (Å²) in [6, 6.07) is 0. The number of hydrogen-bond acceptors (Lipinski definition) is 2. The first-order valence-electron chi connectivity index (χ1n) is 2.94.